The Kier molecular flexibility index (Phi) is 4.96. The molecule has 1 aliphatic rings. The molecule has 24 heavy (non-hydrogen) atoms. The minimum atomic E-state index is -0.243. The van der Waals surface area contributed by atoms with Crippen LogP contribution in [0.4, 0.5) is 5.69 Å². The monoisotopic (exact) mass is 342 g/mol. The SMILES string of the molecule is CCc1ccc(C(=O)NC(=S)Nc2ccc3c(c2)OCCO3)cc1. The summed E-state index contributed by atoms with van der Waals surface area (Å²) >= 11 is 5.20. The van der Waals surface area contributed by atoms with Crippen LogP contribution in [0.3, 0.4) is 0 Å². The van der Waals surface area contributed by atoms with Gasteiger partial charge in [0.2, 0.25) is 0 Å². The van der Waals surface area contributed by atoms with Crippen molar-refractivity contribution in [3.63, 3.8) is 0 Å². The van der Waals surface area contributed by atoms with E-state index in [1.807, 2.05) is 24.3 Å². The topological polar surface area (TPSA) is 59.6 Å². The van der Waals surface area contributed by atoms with Crippen molar-refractivity contribution >= 4 is 28.9 Å². The van der Waals surface area contributed by atoms with Gasteiger partial charge in [-0.1, -0.05) is 19.1 Å². The van der Waals surface area contributed by atoms with Gasteiger partial charge in [0, 0.05) is 17.3 Å². The molecule has 0 saturated heterocycles. The minimum Gasteiger partial charge on any atom is -0.486 e. The lowest BCUT2D eigenvalue weighted by Crippen LogP contribution is -2.34. The highest BCUT2D eigenvalue weighted by atomic mass is 32.1. The number of anilines is 1. The van der Waals surface area contributed by atoms with Crippen molar-refractivity contribution in [3.05, 3.63) is 53.6 Å². The predicted octanol–water partition coefficient (Wildman–Crippen LogP) is 3.15. The molecule has 0 saturated carbocycles. The van der Waals surface area contributed by atoms with Crippen molar-refractivity contribution in [2.24, 2.45) is 0 Å². The molecule has 0 spiro atoms. The molecular weight excluding hydrogens is 324 g/mol. The summed E-state index contributed by atoms with van der Waals surface area (Å²) < 4.78 is 11.0. The number of carbonyl (C=O) groups excluding carboxylic acids is 1. The number of fused-ring (bicyclic) bond motifs is 1. The van der Waals surface area contributed by atoms with E-state index < -0.39 is 0 Å². The first-order valence-corrected chi connectivity index (χ1v) is 8.17. The minimum absolute atomic E-state index is 0.233. The zero-order valence-corrected chi connectivity index (χ0v) is 14.1. The van der Waals surface area contributed by atoms with E-state index in [4.69, 9.17) is 21.7 Å². The molecule has 1 aliphatic heterocycles. The highest BCUT2D eigenvalue weighted by Gasteiger charge is 2.13. The average Bonchev–Trinajstić information content (AvgIpc) is 2.61. The third kappa shape index (κ3) is 3.83. The van der Waals surface area contributed by atoms with Gasteiger partial charge >= 0.3 is 0 Å². The van der Waals surface area contributed by atoms with E-state index >= 15 is 0 Å². The fraction of sp³-hybridized carbons (Fsp3) is 0.222. The Morgan fingerprint density at radius 1 is 1.08 bits per heavy atom. The highest BCUT2D eigenvalue weighted by Crippen LogP contribution is 2.32. The molecule has 0 bridgehead atoms. The number of benzene rings is 2. The Hall–Kier alpha value is -2.60. The van der Waals surface area contributed by atoms with Crippen molar-refractivity contribution in [2.45, 2.75) is 13.3 Å². The van der Waals surface area contributed by atoms with Crippen LogP contribution in [0.15, 0.2) is 42.5 Å². The van der Waals surface area contributed by atoms with E-state index in [9.17, 15) is 4.79 Å². The molecule has 0 aromatic heterocycles. The molecule has 2 aromatic carbocycles. The Morgan fingerprint density at radius 2 is 1.79 bits per heavy atom. The number of amides is 1. The van der Waals surface area contributed by atoms with E-state index in [2.05, 4.69) is 17.6 Å². The summed E-state index contributed by atoms with van der Waals surface area (Å²) in [6, 6.07) is 12.9. The number of ether oxygens (including phenoxy) is 2. The van der Waals surface area contributed by atoms with Crippen LogP contribution in [0, 0.1) is 0 Å². The second-order valence-electron chi connectivity index (χ2n) is 5.32. The molecule has 1 amide bonds. The molecule has 2 N–H and O–H groups in total. The van der Waals surface area contributed by atoms with Crippen LogP contribution in [0.2, 0.25) is 0 Å². The second kappa shape index (κ2) is 7.31. The van der Waals surface area contributed by atoms with Gasteiger partial charge in [-0.2, -0.15) is 0 Å². The summed E-state index contributed by atoms with van der Waals surface area (Å²) in [5.74, 6) is 1.13. The summed E-state index contributed by atoms with van der Waals surface area (Å²) in [6.45, 7) is 3.14. The van der Waals surface area contributed by atoms with Crippen LogP contribution in [0.5, 0.6) is 11.5 Å². The van der Waals surface area contributed by atoms with E-state index in [0.29, 0.717) is 30.3 Å². The van der Waals surface area contributed by atoms with Crippen LogP contribution in [0.1, 0.15) is 22.8 Å². The maximum atomic E-state index is 12.2. The maximum Gasteiger partial charge on any atom is 0.257 e. The number of carbonyl (C=O) groups is 1. The first-order chi connectivity index (χ1) is 11.7. The van der Waals surface area contributed by atoms with Crippen LogP contribution >= 0.6 is 12.2 Å². The van der Waals surface area contributed by atoms with Crippen molar-refractivity contribution in [1.29, 1.82) is 0 Å². The van der Waals surface area contributed by atoms with Crippen molar-refractivity contribution in [2.75, 3.05) is 18.5 Å². The number of nitrogens with one attached hydrogen (secondary N) is 2. The summed E-state index contributed by atoms with van der Waals surface area (Å²) in [4.78, 5) is 12.2. The van der Waals surface area contributed by atoms with Crippen molar-refractivity contribution in [1.82, 2.24) is 5.32 Å². The Balaban J connectivity index is 1.61. The summed E-state index contributed by atoms with van der Waals surface area (Å²) in [5, 5.41) is 5.88. The van der Waals surface area contributed by atoms with Crippen molar-refractivity contribution < 1.29 is 14.3 Å². The first-order valence-electron chi connectivity index (χ1n) is 7.76. The number of rotatable bonds is 3. The van der Waals surface area contributed by atoms with Gasteiger partial charge in [0.15, 0.2) is 16.6 Å². The summed E-state index contributed by atoms with van der Waals surface area (Å²) in [5.41, 5.74) is 2.48. The lowest BCUT2D eigenvalue weighted by Gasteiger charge is -2.19. The van der Waals surface area contributed by atoms with Crippen molar-refractivity contribution in [3.8, 4) is 11.5 Å². The lowest BCUT2D eigenvalue weighted by atomic mass is 10.1. The number of aryl methyl sites for hydroxylation is 1. The van der Waals surface area contributed by atoms with E-state index in [1.165, 1.54) is 5.56 Å². The van der Waals surface area contributed by atoms with Crippen LogP contribution < -0.4 is 20.1 Å². The zero-order chi connectivity index (χ0) is 16.9. The van der Waals surface area contributed by atoms with Crippen LogP contribution in [-0.2, 0) is 6.42 Å². The summed E-state index contributed by atoms with van der Waals surface area (Å²) in [7, 11) is 0. The third-order valence-corrected chi connectivity index (χ3v) is 3.86. The second-order valence-corrected chi connectivity index (χ2v) is 5.73. The van der Waals surface area contributed by atoms with Gasteiger partial charge in [-0.3, -0.25) is 10.1 Å². The molecule has 6 heteroatoms. The molecule has 3 rings (SSSR count). The van der Waals surface area contributed by atoms with E-state index in [0.717, 1.165) is 12.1 Å². The Bertz CT molecular complexity index is 759. The Labute approximate surface area is 146 Å². The fourth-order valence-electron chi connectivity index (χ4n) is 2.35. The lowest BCUT2D eigenvalue weighted by molar-refractivity contribution is 0.0977. The fourth-order valence-corrected chi connectivity index (χ4v) is 2.56. The van der Waals surface area contributed by atoms with Gasteiger partial charge in [0.05, 0.1) is 0 Å². The number of thiocarbonyl (C=S) groups is 1. The van der Waals surface area contributed by atoms with Gasteiger partial charge in [-0.15, -0.1) is 0 Å². The Morgan fingerprint density at radius 3 is 2.50 bits per heavy atom. The number of hydrogen-bond acceptors (Lipinski definition) is 4. The van der Waals surface area contributed by atoms with Gasteiger partial charge in [-0.25, -0.2) is 0 Å². The molecular formula is C18H18N2O3S. The van der Waals surface area contributed by atoms with Gasteiger partial charge in [0.25, 0.3) is 5.91 Å². The van der Waals surface area contributed by atoms with Crippen LogP contribution in [0.25, 0.3) is 0 Å². The molecule has 1 heterocycles. The highest BCUT2D eigenvalue weighted by molar-refractivity contribution is 7.80. The number of hydrogen-bond donors (Lipinski definition) is 2. The zero-order valence-electron chi connectivity index (χ0n) is 13.3. The molecule has 0 unspecified atom stereocenters. The molecule has 0 aliphatic carbocycles. The van der Waals surface area contributed by atoms with E-state index in [1.54, 1.807) is 18.2 Å². The standard InChI is InChI=1S/C18H18N2O3S/c1-2-12-3-5-13(6-4-12)17(21)20-18(24)19-14-7-8-15-16(11-14)23-10-9-22-15/h3-8,11H,2,9-10H2,1H3,(H2,19,20,21,24). The molecule has 0 radical (unpaired) electrons. The molecule has 0 fully saturated rings. The molecule has 5 nitrogen and oxygen atoms in total. The van der Waals surface area contributed by atoms with Gasteiger partial charge in [0.1, 0.15) is 13.2 Å². The van der Waals surface area contributed by atoms with E-state index in [-0.39, 0.29) is 11.0 Å². The molecule has 124 valence electrons. The smallest absolute Gasteiger partial charge is 0.257 e. The first kappa shape index (κ1) is 16.3. The summed E-state index contributed by atoms with van der Waals surface area (Å²) in [6.07, 6.45) is 0.936. The average molecular weight is 342 g/mol. The normalized spacial score (nSPS) is 12.4. The quantitative estimate of drug-likeness (QED) is 0.839. The largest absolute Gasteiger partial charge is 0.486 e. The maximum absolute atomic E-state index is 12.2. The predicted molar refractivity (Wildman–Crippen MR) is 96.9 cm³/mol. The van der Waals surface area contributed by atoms with Gasteiger partial charge < -0.3 is 14.8 Å². The molecule has 0 atom stereocenters. The van der Waals surface area contributed by atoms with Gasteiger partial charge in [-0.05, 0) is 48.5 Å². The third-order valence-electron chi connectivity index (χ3n) is 3.65. The van der Waals surface area contributed by atoms with Crippen LogP contribution in [-0.4, -0.2) is 24.2 Å². The molecule has 2 aromatic rings.